The molecule has 1 saturated heterocycles. The number of nitrogens with one attached hydrogen (secondary N) is 1. The molecule has 1 saturated carbocycles. The quantitative estimate of drug-likeness (QED) is 0.593. The zero-order valence-corrected chi connectivity index (χ0v) is 22.1. The van der Waals surface area contributed by atoms with Crippen LogP contribution >= 0.6 is 0 Å². The number of pyridine rings is 1. The SMILES string of the molecule is CC1OCC(OC(=O)C(C)(C)NC(=O)c2cc3c(n(CC4CCCCC4)c2=O)CCCCCC3)CO1. The predicted molar refractivity (Wildman–Crippen MR) is 136 cm³/mol. The molecule has 0 unspecified atom stereocenters. The molecule has 0 bridgehead atoms. The minimum atomic E-state index is -1.31. The van der Waals surface area contributed by atoms with Crippen molar-refractivity contribution in [3.63, 3.8) is 0 Å². The molecule has 3 aliphatic rings. The van der Waals surface area contributed by atoms with Gasteiger partial charge in [0.1, 0.15) is 17.2 Å². The first-order valence-corrected chi connectivity index (χ1v) is 13.8. The van der Waals surface area contributed by atoms with Crippen LogP contribution in [0.1, 0.15) is 100 Å². The van der Waals surface area contributed by atoms with Gasteiger partial charge in [-0.1, -0.05) is 32.1 Å². The fourth-order valence-corrected chi connectivity index (χ4v) is 5.57. The van der Waals surface area contributed by atoms with Gasteiger partial charge < -0.3 is 24.1 Å². The van der Waals surface area contributed by atoms with E-state index in [1.807, 2.05) is 4.57 Å². The van der Waals surface area contributed by atoms with Gasteiger partial charge in [0.2, 0.25) is 0 Å². The first-order chi connectivity index (χ1) is 17.2. The number of esters is 1. The summed E-state index contributed by atoms with van der Waals surface area (Å²) in [4.78, 5) is 40.0. The van der Waals surface area contributed by atoms with Gasteiger partial charge >= 0.3 is 5.97 Å². The number of aromatic nitrogens is 1. The number of rotatable bonds is 6. The molecule has 1 aromatic rings. The molecule has 36 heavy (non-hydrogen) atoms. The fourth-order valence-electron chi connectivity index (χ4n) is 5.57. The van der Waals surface area contributed by atoms with Crippen LogP contribution < -0.4 is 10.9 Å². The van der Waals surface area contributed by atoms with E-state index in [0.29, 0.717) is 12.5 Å². The lowest BCUT2D eigenvalue weighted by Gasteiger charge is -2.31. The number of aryl methyl sites for hydroxylation is 1. The van der Waals surface area contributed by atoms with Gasteiger partial charge in [-0.25, -0.2) is 4.79 Å². The number of carbonyl (C=O) groups excluding carboxylic acids is 2. The Hall–Kier alpha value is -2.19. The van der Waals surface area contributed by atoms with Crippen molar-refractivity contribution in [2.24, 2.45) is 5.92 Å². The summed E-state index contributed by atoms with van der Waals surface area (Å²) >= 11 is 0. The number of nitrogens with zero attached hydrogens (tertiary/aromatic N) is 1. The predicted octanol–water partition coefficient (Wildman–Crippen LogP) is 3.90. The third kappa shape index (κ3) is 6.57. The third-order valence-electron chi connectivity index (χ3n) is 7.75. The summed E-state index contributed by atoms with van der Waals surface area (Å²) in [6, 6.07) is 1.78. The molecule has 8 heteroatoms. The van der Waals surface area contributed by atoms with Crippen molar-refractivity contribution in [2.75, 3.05) is 13.2 Å². The molecule has 200 valence electrons. The van der Waals surface area contributed by atoms with Crippen molar-refractivity contribution in [3.8, 4) is 0 Å². The molecule has 0 atom stereocenters. The van der Waals surface area contributed by atoms with Crippen molar-refractivity contribution < 1.29 is 23.8 Å². The van der Waals surface area contributed by atoms with Crippen molar-refractivity contribution >= 4 is 11.9 Å². The first-order valence-electron chi connectivity index (χ1n) is 13.8. The minimum absolute atomic E-state index is 0.115. The van der Waals surface area contributed by atoms with Gasteiger partial charge in [0.05, 0.1) is 13.2 Å². The highest BCUT2D eigenvalue weighted by molar-refractivity contribution is 5.97. The van der Waals surface area contributed by atoms with E-state index < -0.39 is 23.5 Å². The number of amides is 1. The highest BCUT2D eigenvalue weighted by atomic mass is 16.7. The molecule has 2 heterocycles. The van der Waals surface area contributed by atoms with Crippen LogP contribution in [-0.4, -0.2) is 47.6 Å². The molecule has 8 nitrogen and oxygen atoms in total. The molecular weight excluding hydrogens is 460 g/mol. The second kappa shape index (κ2) is 11.9. The largest absolute Gasteiger partial charge is 0.456 e. The van der Waals surface area contributed by atoms with E-state index >= 15 is 0 Å². The van der Waals surface area contributed by atoms with E-state index in [2.05, 4.69) is 5.32 Å². The van der Waals surface area contributed by atoms with Crippen LogP contribution in [0.5, 0.6) is 0 Å². The molecule has 1 N–H and O–H groups in total. The number of ether oxygens (including phenoxy) is 3. The number of fused-ring (bicyclic) bond motifs is 1. The minimum Gasteiger partial charge on any atom is -0.456 e. The third-order valence-corrected chi connectivity index (χ3v) is 7.75. The lowest BCUT2D eigenvalue weighted by Crippen LogP contribution is -2.53. The lowest BCUT2D eigenvalue weighted by atomic mass is 9.88. The highest BCUT2D eigenvalue weighted by Gasteiger charge is 2.35. The molecule has 2 fully saturated rings. The van der Waals surface area contributed by atoms with Gasteiger partial charge in [0.25, 0.3) is 11.5 Å². The Morgan fingerprint density at radius 2 is 1.67 bits per heavy atom. The number of hydrogen-bond acceptors (Lipinski definition) is 6. The molecule has 0 spiro atoms. The smallest absolute Gasteiger partial charge is 0.331 e. The molecular formula is C28H42N2O6. The lowest BCUT2D eigenvalue weighted by molar-refractivity contribution is -0.220. The number of carbonyl (C=O) groups is 2. The molecule has 1 aliphatic heterocycles. The van der Waals surface area contributed by atoms with E-state index in [-0.39, 0.29) is 30.6 Å². The van der Waals surface area contributed by atoms with E-state index in [1.165, 1.54) is 25.7 Å². The van der Waals surface area contributed by atoms with Gasteiger partial charge in [-0.2, -0.15) is 0 Å². The summed E-state index contributed by atoms with van der Waals surface area (Å²) in [5, 5.41) is 2.77. The van der Waals surface area contributed by atoms with Crippen molar-refractivity contribution in [2.45, 2.75) is 116 Å². The summed E-state index contributed by atoms with van der Waals surface area (Å²) in [7, 11) is 0. The summed E-state index contributed by atoms with van der Waals surface area (Å²) in [5.74, 6) is -0.649. The maximum atomic E-state index is 13.7. The summed E-state index contributed by atoms with van der Waals surface area (Å²) < 4.78 is 18.2. The van der Waals surface area contributed by atoms with Crippen LogP contribution in [0, 0.1) is 5.92 Å². The first kappa shape index (κ1) is 26.9. The normalized spacial score (nSPS) is 23.8. The second-order valence-corrected chi connectivity index (χ2v) is 11.2. The number of hydrogen-bond donors (Lipinski definition) is 1. The van der Waals surface area contributed by atoms with Crippen LogP contribution in [-0.2, 0) is 38.4 Å². The highest BCUT2D eigenvalue weighted by Crippen LogP contribution is 2.27. The second-order valence-electron chi connectivity index (χ2n) is 11.2. The van der Waals surface area contributed by atoms with Gasteiger partial charge in [-0.15, -0.1) is 0 Å². The molecule has 1 aromatic heterocycles. The summed E-state index contributed by atoms with van der Waals surface area (Å²) in [6.45, 7) is 6.13. The van der Waals surface area contributed by atoms with Crippen molar-refractivity contribution in [3.05, 3.63) is 33.2 Å². The van der Waals surface area contributed by atoms with Crippen LogP contribution in [0.3, 0.4) is 0 Å². The Labute approximate surface area is 214 Å². The van der Waals surface area contributed by atoms with E-state index in [1.54, 1.807) is 26.8 Å². The van der Waals surface area contributed by atoms with E-state index in [4.69, 9.17) is 14.2 Å². The monoisotopic (exact) mass is 502 g/mol. The van der Waals surface area contributed by atoms with Crippen LogP contribution in [0.2, 0.25) is 0 Å². The molecule has 2 aliphatic carbocycles. The van der Waals surface area contributed by atoms with E-state index in [0.717, 1.165) is 56.2 Å². The Balaban J connectivity index is 1.55. The molecule has 0 radical (unpaired) electrons. The van der Waals surface area contributed by atoms with Gasteiger partial charge in [-0.05, 0) is 76.8 Å². The maximum absolute atomic E-state index is 13.7. The Morgan fingerprint density at radius 3 is 2.36 bits per heavy atom. The average Bonchev–Trinajstić information content (AvgIpc) is 2.83. The van der Waals surface area contributed by atoms with Gasteiger partial charge in [-0.3, -0.25) is 9.59 Å². The average molecular weight is 503 g/mol. The zero-order valence-electron chi connectivity index (χ0n) is 22.1. The summed E-state index contributed by atoms with van der Waals surface area (Å²) in [6.07, 6.45) is 11.3. The van der Waals surface area contributed by atoms with Crippen LogP contribution in [0.15, 0.2) is 10.9 Å². The van der Waals surface area contributed by atoms with Gasteiger partial charge in [0.15, 0.2) is 6.29 Å². The van der Waals surface area contributed by atoms with Crippen molar-refractivity contribution in [1.29, 1.82) is 0 Å². The van der Waals surface area contributed by atoms with E-state index in [9.17, 15) is 14.4 Å². The van der Waals surface area contributed by atoms with Crippen molar-refractivity contribution in [1.82, 2.24) is 9.88 Å². The zero-order chi connectivity index (χ0) is 25.7. The topological polar surface area (TPSA) is 95.9 Å². The standard InChI is InChI=1S/C28H42N2O6/c1-19-34-17-22(18-35-19)36-27(33)28(2,3)29-25(31)23-15-21-13-9-4-5-10-14-24(21)30(26(23)32)16-20-11-7-6-8-12-20/h15,19-20,22H,4-14,16-18H2,1-3H3,(H,29,31). The van der Waals surface area contributed by atoms with Gasteiger partial charge in [0, 0.05) is 12.2 Å². The van der Waals surface area contributed by atoms with Crippen LogP contribution in [0.4, 0.5) is 0 Å². The van der Waals surface area contributed by atoms with Crippen LogP contribution in [0.25, 0.3) is 0 Å². The molecule has 1 amide bonds. The Bertz CT molecular complexity index is 986. The Morgan fingerprint density at radius 1 is 1.03 bits per heavy atom. The maximum Gasteiger partial charge on any atom is 0.331 e. The molecule has 4 rings (SSSR count). The Kier molecular flexibility index (Phi) is 8.88. The fraction of sp³-hybridized carbons (Fsp3) is 0.750. The summed E-state index contributed by atoms with van der Waals surface area (Å²) in [5.41, 5.74) is 0.757. The molecule has 0 aromatic carbocycles.